The van der Waals surface area contributed by atoms with E-state index in [4.69, 9.17) is 9.47 Å². The second-order valence-corrected chi connectivity index (χ2v) is 6.01. The van der Waals surface area contributed by atoms with E-state index in [9.17, 15) is 9.59 Å². The average molecular weight is 392 g/mol. The Kier molecular flexibility index (Phi) is 6.37. The lowest BCUT2D eigenvalue weighted by atomic mass is 10.0. The Morgan fingerprint density at radius 1 is 1.12 bits per heavy atom. The summed E-state index contributed by atoms with van der Waals surface area (Å²) >= 11 is 3.40. The first-order valence-electron chi connectivity index (χ1n) is 7.30. The van der Waals surface area contributed by atoms with Gasteiger partial charge in [-0.15, -0.1) is 0 Å². The van der Waals surface area contributed by atoms with Crippen LogP contribution in [0.5, 0.6) is 5.75 Å². The van der Waals surface area contributed by atoms with Gasteiger partial charge in [0.05, 0.1) is 26.7 Å². The summed E-state index contributed by atoms with van der Waals surface area (Å²) in [5.41, 5.74) is 1.27. The van der Waals surface area contributed by atoms with Crippen LogP contribution in [0.1, 0.15) is 28.4 Å². The molecular weight excluding hydrogens is 374 g/mol. The molecule has 2 aromatic rings. The van der Waals surface area contributed by atoms with Crippen molar-refractivity contribution in [3.63, 3.8) is 0 Å². The van der Waals surface area contributed by atoms with E-state index in [0.717, 1.165) is 10.0 Å². The maximum Gasteiger partial charge on any atom is 0.307 e. The van der Waals surface area contributed by atoms with Gasteiger partial charge in [0.15, 0.2) is 0 Å². The molecule has 0 aromatic heterocycles. The number of esters is 1. The molecule has 2 aromatic carbocycles. The van der Waals surface area contributed by atoms with E-state index in [-0.39, 0.29) is 12.3 Å². The summed E-state index contributed by atoms with van der Waals surface area (Å²) < 4.78 is 10.7. The predicted octanol–water partition coefficient (Wildman–Crippen LogP) is 3.49. The molecule has 0 saturated heterocycles. The summed E-state index contributed by atoms with van der Waals surface area (Å²) in [6, 6.07) is 13.8. The lowest BCUT2D eigenvalue weighted by molar-refractivity contribution is -0.141. The number of ether oxygens (including phenoxy) is 2. The highest BCUT2D eigenvalue weighted by Crippen LogP contribution is 2.22. The highest BCUT2D eigenvalue weighted by atomic mass is 79.9. The van der Waals surface area contributed by atoms with E-state index in [2.05, 4.69) is 21.2 Å². The Labute approximate surface area is 149 Å². The van der Waals surface area contributed by atoms with E-state index in [1.54, 1.807) is 31.4 Å². The monoisotopic (exact) mass is 391 g/mol. The number of methoxy groups -OCH3 is 2. The second-order valence-electron chi connectivity index (χ2n) is 5.09. The second kappa shape index (κ2) is 8.49. The Hall–Kier alpha value is -2.34. The zero-order chi connectivity index (χ0) is 17.5. The summed E-state index contributed by atoms with van der Waals surface area (Å²) in [5.74, 6) is -0.0941. The van der Waals surface area contributed by atoms with Crippen LogP contribution in [0.4, 0.5) is 0 Å². The van der Waals surface area contributed by atoms with Crippen LogP contribution in [0.3, 0.4) is 0 Å². The normalized spacial score (nSPS) is 11.5. The minimum atomic E-state index is -0.492. The number of hydrogen-bond donors (Lipinski definition) is 1. The van der Waals surface area contributed by atoms with Crippen LogP contribution in [-0.2, 0) is 9.53 Å². The third-order valence-electron chi connectivity index (χ3n) is 3.49. The summed E-state index contributed by atoms with van der Waals surface area (Å²) in [7, 11) is 2.86. The molecule has 0 bridgehead atoms. The van der Waals surface area contributed by atoms with Crippen LogP contribution in [0.25, 0.3) is 0 Å². The molecule has 1 unspecified atom stereocenters. The molecule has 2 rings (SSSR count). The maximum atomic E-state index is 12.5. The van der Waals surface area contributed by atoms with Crippen molar-refractivity contribution in [3.8, 4) is 5.75 Å². The zero-order valence-electron chi connectivity index (χ0n) is 13.4. The van der Waals surface area contributed by atoms with Gasteiger partial charge in [-0.05, 0) is 35.9 Å². The van der Waals surface area contributed by atoms with Crippen molar-refractivity contribution >= 4 is 27.8 Å². The molecule has 126 valence electrons. The fraction of sp³-hybridized carbons (Fsp3) is 0.222. The van der Waals surface area contributed by atoms with Gasteiger partial charge in [0.25, 0.3) is 5.91 Å². The molecule has 1 N–H and O–H groups in total. The van der Waals surface area contributed by atoms with Gasteiger partial charge in [-0.2, -0.15) is 0 Å². The van der Waals surface area contributed by atoms with Crippen LogP contribution >= 0.6 is 15.9 Å². The molecule has 1 atom stereocenters. The fourth-order valence-electron chi connectivity index (χ4n) is 2.23. The van der Waals surface area contributed by atoms with Gasteiger partial charge < -0.3 is 14.8 Å². The molecule has 5 nitrogen and oxygen atoms in total. The summed E-state index contributed by atoms with van der Waals surface area (Å²) in [5, 5.41) is 2.88. The Bertz CT molecular complexity index is 732. The number of halogens is 1. The molecule has 0 heterocycles. The van der Waals surface area contributed by atoms with Crippen molar-refractivity contribution in [3.05, 3.63) is 64.1 Å². The van der Waals surface area contributed by atoms with Gasteiger partial charge in [-0.25, -0.2) is 0 Å². The number of benzene rings is 2. The van der Waals surface area contributed by atoms with Crippen LogP contribution < -0.4 is 10.1 Å². The summed E-state index contributed by atoms with van der Waals surface area (Å²) in [6.45, 7) is 0. The number of amides is 1. The molecule has 0 saturated carbocycles. The van der Waals surface area contributed by atoms with Crippen molar-refractivity contribution < 1.29 is 19.1 Å². The van der Waals surface area contributed by atoms with Gasteiger partial charge in [0, 0.05) is 10.0 Å². The minimum absolute atomic E-state index is 0.0443. The Morgan fingerprint density at radius 3 is 2.54 bits per heavy atom. The molecule has 0 aliphatic carbocycles. The average Bonchev–Trinajstić information content (AvgIpc) is 2.60. The van der Waals surface area contributed by atoms with Crippen LogP contribution in [-0.4, -0.2) is 26.1 Å². The molecule has 0 aliphatic heterocycles. The van der Waals surface area contributed by atoms with E-state index in [0.29, 0.717) is 11.3 Å². The first-order chi connectivity index (χ1) is 11.5. The van der Waals surface area contributed by atoms with Crippen molar-refractivity contribution in [2.24, 2.45) is 0 Å². The summed E-state index contributed by atoms with van der Waals surface area (Å²) in [4.78, 5) is 24.2. The van der Waals surface area contributed by atoms with Crippen LogP contribution in [0.2, 0.25) is 0 Å². The van der Waals surface area contributed by atoms with Crippen molar-refractivity contribution in [1.82, 2.24) is 5.32 Å². The zero-order valence-corrected chi connectivity index (χ0v) is 15.0. The highest BCUT2D eigenvalue weighted by molar-refractivity contribution is 9.10. The van der Waals surface area contributed by atoms with Gasteiger partial charge in [-0.3, -0.25) is 9.59 Å². The number of carbonyl (C=O) groups is 2. The lowest BCUT2D eigenvalue weighted by Gasteiger charge is -2.19. The molecule has 0 spiro atoms. The Morgan fingerprint density at radius 2 is 1.88 bits per heavy atom. The molecule has 0 fully saturated rings. The predicted molar refractivity (Wildman–Crippen MR) is 94.0 cm³/mol. The summed E-state index contributed by atoms with van der Waals surface area (Å²) in [6.07, 6.45) is 0.0443. The number of rotatable bonds is 6. The van der Waals surface area contributed by atoms with Crippen LogP contribution in [0.15, 0.2) is 53.0 Å². The fourth-order valence-corrected chi connectivity index (χ4v) is 2.65. The van der Waals surface area contributed by atoms with Crippen molar-refractivity contribution in [2.75, 3.05) is 14.2 Å². The first kappa shape index (κ1) is 18.0. The third kappa shape index (κ3) is 4.83. The SMILES string of the molecule is COC(=O)CC(NC(=O)c1cccc(OC)c1)c1cccc(Br)c1. The molecule has 1 amide bonds. The van der Waals surface area contributed by atoms with E-state index in [1.165, 1.54) is 7.11 Å². The quantitative estimate of drug-likeness (QED) is 0.765. The van der Waals surface area contributed by atoms with Gasteiger partial charge >= 0.3 is 5.97 Å². The standard InChI is InChI=1S/C18H18BrNO4/c1-23-15-8-4-6-13(10-15)18(22)20-16(11-17(21)24-2)12-5-3-7-14(19)9-12/h3-10,16H,11H2,1-2H3,(H,20,22). The molecule has 24 heavy (non-hydrogen) atoms. The van der Waals surface area contributed by atoms with Gasteiger partial charge in [-0.1, -0.05) is 34.1 Å². The number of carbonyl (C=O) groups excluding carboxylic acids is 2. The topological polar surface area (TPSA) is 64.6 Å². The first-order valence-corrected chi connectivity index (χ1v) is 8.10. The largest absolute Gasteiger partial charge is 0.497 e. The maximum absolute atomic E-state index is 12.5. The third-order valence-corrected chi connectivity index (χ3v) is 3.98. The van der Waals surface area contributed by atoms with E-state index < -0.39 is 12.0 Å². The lowest BCUT2D eigenvalue weighted by Crippen LogP contribution is -2.30. The Balaban J connectivity index is 2.23. The van der Waals surface area contributed by atoms with Crippen LogP contribution in [0, 0.1) is 0 Å². The van der Waals surface area contributed by atoms with Crippen molar-refractivity contribution in [2.45, 2.75) is 12.5 Å². The smallest absolute Gasteiger partial charge is 0.307 e. The van der Waals surface area contributed by atoms with Gasteiger partial charge in [0.2, 0.25) is 0 Å². The van der Waals surface area contributed by atoms with E-state index >= 15 is 0 Å². The number of hydrogen-bond acceptors (Lipinski definition) is 4. The van der Waals surface area contributed by atoms with Gasteiger partial charge in [0.1, 0.15) is 5.75 Å². The molecule has 6 heteroatoms. The molecular formula is C18H18BrNO4. The molecule has 0 aliphatic rings. The van der Waals surface area contributed by atoms with E-state index in [1.807, 2.05) is 24.3 Å². The minimum Gasteiger partial charge on any atom is -0.497 e. The van der Waals surface area contributed by atoms with Crippen molar-refractivity contribution in [1.29, 1.82) is 0 Å². The highest BCUT2D eigenvalue weighted by Gasteiger charge is 2.20. The number of nitrogens with one attached hydrogen (secondary N) is 1. The molecule has 0 radical (unpaired) electrons.